The number of hydroxylamine groups is 2. The number of urea groups is 1. The second-order valence-corrected chi connectivity index (χ2v) is 5.26. The highest BCUT2D eigenvalue weighted by Gasteiger charge is 2.41. The highest BCUT2D eigenvalue weighted by Crippen LogP contribution is 2.32. The van der Waals surface area contributed by atoms with E-state index in [-0.39, 0.29) is 0 Å². The maximum absolute atomic E-state index is 12.1. The SMILES string of the molecule is Cc1ccccc1NC(=O)N(O)C1(C#N)CCCCC1. The van der Waals surface area contributed by atoms with Gasteiger partial charge in [-0.05, 0) is 44.2 Å². The maximum atomic E-state index is 12.1. The fourth-order valence-electron chi connectivity index (χ4n) is 2.58. The molecule has 2 N–H and O–H groups in total. The first kappa shape index (κ1) is 14.4. The van der Waals surface area contributed by atoms with Crippen molar-refractivity contribution in [3.05, 3.63) is 29.8 Å². The van der Waals surface area contributed by atoms with Crippen molar-refractivity contribution < 1.29 is 10.0 Å². The van der Waals surface area contributed by atoms with Crippen molar-refractivity contribution in [1.29, 1.82) is 5.26 Å². The molecule has 1 aromatic rings. The summed E-state index contributed by atoms with van der Waals surface area (Å²) in [7, 11) is 0. The normalized spacial score (nSPS) is 17.1. The smallest absolute Gasteiger partial charge is 0.306 e. The Morgan fingerprint density at radius 3 is 2.60 bits per heavy atom. The van der Waals surface area contributed by atoms with Gasteiger partial charge in [-0.2, -0.15) is 10.3 Å². The second-order valence-electron chi connectivity index (χ2n) is 5.26. The highest BCUT2D eigenvalue weighted by molar-refractivity contribution is 5.90. The molecule has 1 saturated carbocycles. The predicted octanol–water partition coefficient (Wildman–Crippen LogP) is 3.44. The average Bonchev–Trinajstić information content (AvgIpc) is 2.49. The van der Waals surface area contributed by atoms with Crippen LogP contribution in [0.15, 0.2) is 24.3 Å². The number of nitrogens with zero attached hydrogens (tertiary/aromatic N) is 2. The Morgan fingerprint density at radius 2 is 2.00 bits per heavy atom. The summed E-state index contributed by atoms with van der Waals surface area (Å²) in [5.74, 6) is 0. The van der Waals surface area contributed by atoms with Crippen LogP contribution in [-0.4, -0.2) is 21.8 Å². The summed E-state index contributed by atoms with van der Waals surface area (Å²) in [5, 5.41) is 22.7. The van der Waals surface area contributed by atoms with Crippen LogP contribution >= 0.6 is 0 Å². The highest BCUT2D eigenvalue weighted by atomic mass is 16.5. The Kier molecular flexibility index (Phi) is 4.26. The van der Waals surface area contributed by atoms with Crippen molar-refractivity contribution in [2.24, 2.45) is 0 Å². The van der Waals surface area contributed by atoms with E-state index in [0.29, 0.717) is 23.6 Å². The molecule has 0 heterocycles. The first-order valence-electron chi connectivity index (χ1n) is 6.86. The topological polar surface area (TPSA) is 76.4 Å². The summed E-state index contributed by atoms with van der Waals surface area (Å²) >= 11 is 0. The molecule has 0 radical (unpaired) electrons. The van der Waals surface area contributed by atoms with Crippen LogP contribution in [-0.2, 0) is 0 Å². The number of aryl methyl sites for hydroxylation is 1. The molecule has 5 heteroatoms. The van der Waals surface area contributed by atoms with E-state index < -0.39 is 11.6 Å². The van der Waals surface area contributed by atoms with Gasteiger partial charge in [0.2, 0.25) is 0 Å². The van der Waals surface area contributed by atoms with Gasteiger partial charge in [0.25, 0.3) is 0 Å². The number of carbonyl (C=O) groups excluding carboxylic acids is 1. The molecule has 2 amide bonds. The third-order valence-corrected chi connectivity index (χ3v) is 3.87. The summed E-state index contributed by atoms with van der Waals surface area (Å²) in [6.45, 7) is 1.87. The van der Waals surface area contributed by atoms with Gasteiger partial charge in [-0.15, -0.1) is 0 Å². The molecule has 0 spiro atoms. The van der Waals surface area contributed by atoms with Crippen LogP contribution in [0.25, 0.3) is 0 Å². The van der Waals surface area contributed by atoms with E-state index in [1.54, 1.807) is 6.07 Å². The lowest BCUT2D eigenvalue weighted by molar-refractivity contribution is -0.112. The number of amides is 2. The summed E-state index contributed by atoms with van der Waals surface area (Å²) in [6, 6.07) is 8.79. The Bertz CT molecular complexity index is 530. The molecule has 0 saturated heterocycles. The summed E-state index contributed by atoms with van der Waals surface area (Å²) in [4.78, 5) is 12.1. The molecule has 1 aliphatic rings. The quantitative estimate of drug-likeness (QED) is 0.640. The Morgan fingerprint density at radius 1 is 1.35 bits per heavy atom. The van der Waals surface area contributed by atoms with Crippen molar-refractivity contribution in [1.82, 2.24) is 5.06 Å². The van der Waals surface area contributed by atoms with Crippen LogP contribution < -0.4 is 5.32 Å². The van der Waals surface area contributed by atoms with E-state index in [4.69, 9.17) is 0 Å². The van der Waals surface area contributed by atoms with E-state index in [9.17, 15) is 15.3 Å². The third kappa shape index (κ3) is 2.75. The van der Waals surface area contributed by atoms with Gasteiger partial charge in [-0.1, -0.05) is 24.6 Å². The van der Waals surface area contributed by atoms with Crippen LogP contribution in [0.4, 0.5) is 10.5 Å². The van der Waals surface area contributed by atoms with Crippen LogP contribution in [0.2, 0.25) is 0 Å². The van der Waals surface area contributed by atoms with Crippen LogP contribution in [0.5, 0.6) is 0 Å². The zero-order valence-corrected chi connectivity index (χ0v) is 11.6. The third-order valence-electron chi connectivity index (χ3n) is 3.87. The lowest BCUT2D eigenvalue weighted by Gasteiger charge is -2.36. The van der Waals surface area contributed by atoms with Gasteiger partial charge in [0.15, 0.2) is 5.54 Å². The van der Waals surface area contributed by atoms with E-state index in [1.807, 2.05) is 25.1 Å². The lowest BCUT2D eigenvalue weighted by atomic mass is 9.82. The van der Waals surface area contributed by atoms with E-state index >= 15 is 0 Å². The van der Waals surface area contributed by atoms with Gasteiger partial charge in [0.05, 0.1) is 6.07 Å². The monoisotopic (exact) mass is 273 g/mol. The van der Waals surface area contributed by atoms with Crippen LogP contribution in [0.3, 0.4) is 0 Å². The maximum Gasteiger partial charge on any atom is 0.347 e. The van der Waals surface area contributed by atoms with Crippen molar-refractivity contribution in [2.45, 2.75) is 44.6 Å². The minimum absolute atomic E-state index is 0.515. The largest absolute Gasteiger partial charge is 0.347 e. The Balaban J connectivity index is 2.12. The fraction of sp³-hybridized carbons (Fsp3) is 0.467. The number of hydrogen-bond donors (Lipinski definition) is 2. The first-order valence-corrected chi connectivity index (χ1v) is 6.86. The lowest BCUT2D eigenvalue weighted by Crippen LogP contribution is -2.51. The van der Waals surface area contributed by atoms with Gasteiger partial charge < -0.3 is 5.32 Å². The number of nitriles is 1. The number of rotatable bonds is 2. The molecule has 1 aliphatic carbocycles. The van der Waals surface area contributed by atoms with Gasteiger partial charge in [0, 0.05) is 5.69 Å². The zero-order valence-electron chi connectivity index (χ0n) is 11.6. The van der Waals surface area contributed by atoms with Crippen molar-refractivity contribution >= 4 is 11.7 Å². The molecule has 106 valence electrons. The minimum atomic E-state index is -1.09. The molecule has 0 atom stereocenters. The Labute approximate surface area is 118 Å². The second kappa shape index (κ2) is 5.93. The zero-order chi connectivity index (χ0) is 14.6. The van der Waals surface area contributed by atoms with Crippen LogP contribution in [0, 0.1) is 18.3 Å². The average molecular weight is 273 g/mol. The van der Waals surface area contributed by atoms with E-state index in [2.05, 4.69) is 11.4 Å². The van der Waals surface area contributed by atoms with Crippen molar-refractivity contribution in [2.75, 3.05) is 5.32 Å². The molecule has 1 aromatic carbocycles. The van der Waals surface area contributed by atoms with Gasteiger partial charge in [-0.3, -0.25) is 5.21 Å². The number of hydrogen-bond acceptors (Lipinski definition) is 3. The van der Waals surface area contributed by atoms with E-state index in [0.717, 1.165) is 24.8 Å². The summed E-state index contributed by atoms with van der Waals surface area (Å²) in [5.41, 5.74) is 0.453. The minimum Gasteiger partial charge on any atom is -0.306 e. The standard InChI is InChI=1S/C15H19N3O2/c1-12-7-3-4-8-13(12)17-14(19)18(20)15(11-16)9-5-2-6-10-15/h3-4,7-8,20H,2,5-6,9-10H2,1H3,(H,17,19). The number of anilines is 1. The molecule has 5 nitrogen and oxygen atoms in total. The number of carbonyl (C=O) groups is 1. The number of benzene rings is 1. The van der Waals surface area contributed by atoms with Crippen molar-refractivity contribution in [3.63, 3.8) is 0 Å². The van der Waals surface area contributed by atoms with E-state index in [1.165, 1.54) is 0 Å². The van der Waals surface area contributed by atoms with Crippen molar-refractivity contribution in [3.8, 4) is 6.07 Å². The van der Waals surface area contributed by atoms with Gasteiger partial charge >= 0.3 is 6.03 Å². The molecule has 0 aromatic heterocycles. The van der Waals surface area contributed by atoms with Gasteiger partial charge in [-0.25, -0.2) is 4.79 Å². The molecule has 2 rings (SSSR count). The molecule has 0 aliphatic heterocycles. The first-order chi connectivity index (χ1) is 9.59. The summed E-state index contributed by atoms with van der Waals surface area (Å²) in [6.07, 6.45) is 3.77. The number of para-hydroxylation sites is 1. The molecule has 20 heavy (non-hydrogen) atoms. The van der Waals surface area contributed by atoms with Crippen LogP contribution in [0.1, 0.15) is 37.7 Å². The fourth-order valence-corrected chi connectivity index (χ4v) is 2.58. The number of nitrogens with one attached hydrogen (secondary N) is 1. The molecule has 1 fully saturated rings. The predicted molar refractivity (Wildman–Crippen MR) is 75.3 cm³/mol. The molecule has 0 unspecified atom stereocenters. The Hall–Kier alpha value is -2.06. The molecule has 0 bridgehead atoms. The molecular weight excluding hydrogens is 254 g/mol. The summed E-state index contributed by atoms with van der Waals surface area (Å²) < 4.78 is 0. The molecular formula is C15H19N3O2. The van der Waals surface area contributed by atoms with Gasteiger partial charge in [0.1, 0.15) is 0 Å².